The van der Waals surface area contributed by atoms with E-state index in [1.54, 1.807) is 0 Å². The third-order valence-corrected chi connectivity index (χ3v) is 1.53. The van der Waals surface area contributed by atoms with Crippen molar-refractivity contribution in [2.24, 2.45) is 5.73 Å². The van der Waals surface area contributed by atoms with Crippen molar-refractivity contribution in [3.05, 3.63) is 42.3 Å². The first-order chi connectivity index (χ1) is 4.84. The van der Waals surface area contributed by atoms with Gasteiger partial charge in [-0.3, -0.25) is 0 Å². The fourth-order valence-electron chi connectivity index (χ4n) is 0.957. The van der Waals surface area contributed by atoms with Crippen molar-refractivity contribution in [1.82, 2.24) is 0 Å². The van der Waals surface area contributed by atoms with Crippen LogP contribution in [-0.4, -0.2) is 6.54 Å². The van der Waals surface area contributed by atoms with Crippen LogP contribution in [0.1, 0.15) is 11.1 Å². The largest absolute Gasteiger partial charge is 0.331 e. The molecule has 0 saturated carbocycles. The first-order valence-electron chi connectivity index (χ1n) is 3.44. The van der Waals surface area contributed by atoms with Gasteiger partial charge in [-0.25, -0.2) is 0 Å². The van der Waals surface area contributed by atoms with Crippen LogP contribution in [0.2, 0.25) is 0 Å². The van der Waals surface area contributed by atoms with E-state index in [9.17, 15) is 0 Å². The van der Waals surface area contributed by atoms with E-state index in [1.807, 2.05) is 18.2 Å². The van der Waals surface area contributed by atoms with E-state index in [2.05, 4.69) is 13.0 Å². The summed E-state index contributed by atoms with van der Waals surface area (Å²) in [7, 11) is 0. The summed E-state index contributed by atoms with van der Waals surface area (Å²) in [5.41, 5.74) is 7.75. The zero-order chi connectivity index (χ0) is 7.40. The van der Waals surface area contributed by atoms with Crippen LogP contribution in [0.3, 0.4) is 0 Å². The van der Waals surface area contributed by atoms with E-state index in [1.165, 1.54) is 5.56 Å². The molecular weight excluding hydrogens is 229 g/mol. The molecule has 0 fully saturated rings. The first-order valence-corrected chi connectivity index (χ1v) is 3.44. The molecule has 0 aliphatic carbocycles. The van der Waals surface area contributed by atoms with Crippen LogP contribution in [0, 0.1) is 6.92 Å². The van der Waals surface area contributed by atoms with Crippen molar-refractivity contribution in [3.63, 3.8) is 0 Å². The van der Waals surface area contributed by atoms with Gasteiger partial charge in [-0.2, -0.15) is 18.6 Å². The van der Waals surface area contributed by atoms with Gasteiger partial charge in [0.25, 0.3) is 0 Å². The maximum atomic E-state index is 5.40. The molecule has 2 N–H and O–H groups in total. The normalized spacial score (nSPS) is 8.82. The van der Waals surface area contributed by atoms with Gasteiger partial charge in [-0.1, -0.05) is 12.5 Å². The standard InChI is InChI=1S/C9H12N.Pd/c1-8-4-2-3-5-9(8)6-7-10;/h2-5H,1,6-7,10H2;/q-1;. The van der Waals surface area contributed by atoms with Crippen molar-refractivity contribution < 1.29 is 20.4 Å². The average molecular weight is 241 g/mol. The number of hydrogen-bond acceptors (Lipinski definition) is 1. The Kier molecular flexibility index (Phi) is 5.23. The number of benzene rings is 1. The fourth-order valence-corrected chi connectivity index (χ4v) is 0.957. The van der Waals surface area contributed by atoms with Gasteiger partial charge in [0.05, 0.1) is 0 Å². The predicted octanol–water partition coefficient (Wildman–Crippen LogP) is 1.37. The molecule has 1 aromatic carbocycles. The van der Waals surface area contributed by atoms with Gasteiger partial charge in [0.1, 0.15) is 0 Å². The van der Waals surface area contributed by atoms with E-state index in [0.717, 1.165) is 12.0 Å². The van der Waals surface area contributed by atoms with E-state index in [4.69, 9.17) is 5.73 Å². The molecule has 2 heteroatoms. The second-order valence-corrected chi connectivity index (χ2v) is 2.31. The van der Waals surface area contributed by atoms with Gasteiger partial charge < -0.3 is 5.73 Å². The summed E-state index contributed by atoms with van der Waals surface area (Å²) in [6.07, 6.45) is 0.930. The van der Waals surface area contributed by atoms with E-state index >= 15 is 0 Å². The molecule has 0 aliphatic rings. The van der Waals surface area contributed by atoms with Crippen LogP contribution in [0.4, 0.5) is 0 Å². The molecule has 1 rings (SSSR count). The van der Waals surface area contributed by atoms with Crippen molar-refractivity contribution >= 4 is 0 Å². The minimum absolute atomic E-state index is 0. The SMILES string of the molecule is [CH2-]c1ccccc1CCN.[Pd]. The molecule has 11 heavy (non-hydrogen) atoms. The minimum Gasteiger partial charge on any atom is -0.331 e. The third-order valence-electron chi connectivity index (χ3n) is 1.53. The Morgan fingerprint density at radius 3 is 2.45 bits per heavy atom. The first kappa shape index (κ1) is 10.7. The molecule has 1 aromatic rings. The molecule has 0 bridgehead atoms. The van der Waals surface area contributed by atoms with Gasteiger partial charge in [0, 0.05) is 20.4 Å². The van der Waals surface area contributed by atoms with Gasteiger partial charge in [-0.05, 0) is 6.54 Å². The molecule has 0 atom stereocenters. The van der Waals surface area contributed by atoms with Crippen LogP contribution < -0.4 is 5.73 Å². The van der Waals surface area contributed by atoms with Crippen LogP contribution in [-0.2, 0) is 26.8 Å². The molecule has 0 amide bonds. The minimum atomic E-state index is 0. The molecule has 0 saturated heterocycles. The summed E-state index contributed by atoms with van der Waals surface area (Å²) in [6.45, 7) is 4.58. The number of nitrogens with two attached hydrogens (primary N) is 1. The Morgan fingerprint density at radius 1 is 1.27 bits per heavy atom. The number of hydrogen-bond donors (Lipinski definition) is 1. The zero-order valence-electron chi connectivity index (χ0n) is 6.32. The quantitative estimate of drug-likeness (QED) is 0.613. The second-order valence-electron chi connectivity index (χ2n) is 2.31. The van der Waals surface area contributed by atoms with Gasteiger partial charge in [0.15, 0.2) is 0 Å². The summed E-state index contributed by atoms with van der Waals surface area (Å²) in [4.78, 5) is 0. The summed E-state index contributed by atoms with van der Waals surface area (Å²) in [6, 6.07) is 8.07. The zero-order valence-corrected chi connectivity index (χ0v) is 7.88. The van der Waals surface area contributed by atoms with E-state index < -0.39 is 0 Å². The summed E-state index contributed by atoms with van der Waals surface area (Å²) in [5.74, 6) is 0. The Labute approximate surface area is 81.6 Å². The maximum Gasteiger partial charge on any atom is 0 e. The monoisotopic (exact) mass is 240 g/mol. The second kappa shape index (κ2) is 5.37. The van der Waals surface area contributed by atoms with Gasteiger partial charge in [-0.15, -0.1) is 17.7 Å². The summed E-state index contributed by atoms with van der Waals surface area (Å²) < 4.78 is 0. The number of rotatable bonds is 2. The molecular formula is C9H12NPd-. The van der Waals surface area contributed by atoms with Crippen molar-refractivity contribution in [2.45, 2.75) is 6.42 Å². The van der Waals surface area contributed by atoms with Crippen molar-refractivity contribution in [3.8, 4) is 0 Å². The fraction of sp³-hybridized carbons (Fsp3) is 0.222. The van der Waals surface area contributed by atoms with E-state index in [-0.39, 0.29) is 20.4 Å². The molecule has 0 heterocycles. The van der Waals surface area contributed by atoms with Gasteiger partial charge >= 0.3 is 0 Å². The summed E-state index contributed by atoms with van der Waals surface area (Å²) in [5, 5.41) is 0. The van der Waals surface area contributed by atoms with E-state index in [0.29, 0.717) is 6.54 Å². The smallest absolute Gasteiger partial charge is 0 e. The molecule has 0 spiro atoms. The van der Waals surface area contributed by atoms with Crippen LogP contribution in [0.25, 0.3) is 0 Å². The molecule has 0 radical (unpaired) electrons. The Bertz CT molecular complexity index is 210. The van der Waals surface area contributed by atoms with Crippen molar-refractivity contribution in [1.29, 1.82) is 0 Å². The summed E-state index contributed by atoms with van der Waals surface area (Å²) >= 11 is 0. The third kappa shape index (κ3) is 3.07. The Hall–Kier alpha value is -0.288. The van der Waals surface area contributed by atoms with Crippen molar-refractivity contribution in [2.75, 3.05) is 6.54 Å². The topological polar surface area (TPSA) is 26.0 Å². The Balaban J connectivity index is 0.000001000. The molecule has 0 unspecified atom stereocenters. The predicted molar refractivity (Wildman–Crippen MR) is 43.7 cm³/mol. The van der Waals surface area contributed by atoms with Crippen LogP contribution in [0.5, 0.6) is 0 Å². The Morgan fingerprint density at radius 2 is 1.91 bits per heavy atom. The van der Waals surface area contributed by atoms with Crippen LogP contribution >= 0.6 is 0 Å². The molecule has 64 valence electrons. The van der Waals surface area contributed by atoms with Gasteiger partial charge in [0.2, 0.25) is 0 Å². The molecule has 1 nitrogen and oxygen atoms in total. The average Bonchev–Trinajstić information content (AvgIpc) is 1.94. The van der Waals surface area contributed by atoms with Crippen LogP contribution in [0.15, 0.2) is 24.3 Å². The molecule has 0 aromatic heterocycles. The molecule has 0 aliphatic heterocycles. The maximum absolute atomic E-state index is 5.40.